The monoisotopic (exact) mass is 376 g/mol. The molecule has 0 N–H and O–H groups in total. The van der Waals surface area contributed by atoms with Crippen molar-refractivity contribution in [2.45, 2.75) is 18.9 Å². The van der Waals surface area contributed by atoms with Crippen molar-refractivity contribution in [1.29, 1.82) is 0 Å². The van der Waals surface area contributed by atoms with Crippen molar-refractivity contribution in [2.75, 3.05) is 18.0 Å². The summed E-state index contributed by atoms with van der Waals surface area (Å²) in [6.07, 6.45) is 12.7. The predicted molar refractivity (Wildman–Crippen MR) is 104 cm³/mol. The summed E-state index contributed by atoms with van der Waals surface area (Å²) in [4.78, 5) is 15.5. The van der Waals surface area contributed by atoms with E-state index >= 15 is 0 Å². The second-order valence-corrected chi connectivity index (χ2v) is 6.93. The van der Waals surface area contributed by atoms with Crippen LogP contribution in [0.2, 0.25) is 0 Å². The molecule has 0 aromatic carbocycles. The molecular weight excluding hydrogens is 356 g/mol. The number of ether oxygens (including phenoxy) is 1. The van der Waals surface area contributed by atoms with Gasteiger partial charge in [-0.25, -0.2) is 15.0 Å². The Labute approximate surface area is 161 Å². The summed E-state index contributed by atoms with van der Waals surface area (Å²) in [6.45, 7) is 1.74. The number of aromatic nitrogens is 5. The minimum atomic E-state index is 0.101. The lowest BCUT2D eigenvalue weighted by molar-refractivity contribution is 0.156. The highest BCUT2D eigenvalue weighted by molar-refractivity contribution is 5.88. The first-order valence-corrected chi connectivity index (χ1v) is 9.31. The molecule has 5 rings (SSSR count). The van der Waals surface area contributed by atoms with Gasteiger partial charge in [0.25, 0.3) is 0 Å². The summed E-state index contributed by atoms with van der Waals surface area (Å²) in [6, 6.07) is 4.28. The van der Waals surface area contributed by atoms with Gasteiger partial charge >= 0.3 is 6.01 Å². The molecule has 5 heterocycles. The molecule has 4 aromatic rings. The van der Waals surface area contributed by atoms with Crippen LogP contribution in [-0.2, 0) is 7.05 Å². The number of aryl methyl sites for hydroxylation is 1. The molecule has 0 unspecified atom stereocenters. The Kier molecular flexibility index (Phi) is 4.16. The average Bonchev–Trinajstić information content (AvgIpc) is 3.38. The third kappa shape index (κ3) is 3.17. The molecule has 28 heavy (non-hydrogen) atoms. The van der Waals surface area contributed by atoms with Crippen molar-refractivity contribution in [3.8, 4) is 17.1 Å². The maximum Gasteiger partial charge on any atom is 0.316 e. The molecule has 4 aromatic heterocycles. The highest BCUT2D eigenvalue weighted by atomic mass is 16.5. The molecule has 1 aliphatic rings. The van der Waals surface area contributed by atoms with E-state index < -0.39 is 0 Å². The average molecular weight is 376 g/mol. The smallest absolute Gasteiger partial charge is 0.316 e. The number of hydrogen-bond donors (Lipinski definition) is 0. The Balaban J connectivity index is 1.22. The summed E-state index contributed by atoms with van der Waals surface area (Å²) < 4.78 is 13.2. The SMILES string of the molecule is Cn1cc(-c2cnc(OC3CCN(c4nccc5occc45)CC3)nc2)cn1. The minimum absolute atomic E-state index is 0.101. The quantitative estimate of drug-likeness (QED) is 0.541. The first-order chi connectivity index (χ1) is 13.8. The normalized spacial score (nSPS) is 15.2. The molecule has 1 fully saturated rings. The number of piperidine rings is 1. The van der Waals surface area contributed by atoms with E-state index in [1.54, 1.807) is 35.7 Å². The molecule has 1 saturated heterocycles. The maximum atomic E-state index is 6.00. The van der Waals surface area contributed by atoms with Crippen LogP contribution in [0.15, 0.2) is 53.8 Å². The maximum absolute atomic E-state index is 6.00. The zero-order valence-corrected chi connectivity index (χ0v) is 15.5. The number of anilines is 1. The van der Waals surface area contributed by atoms with Crippen LogP contribution >= 0.6 is 0 Å². The van der Waals surface area contributed by atoms with Crippen molar-refractivity contribution in [3.63, 3.8) is 0 Å². The standard InChI is InChI=1S/C20H20N6O2/c1-25-13-15(12-24-25)14-10-22-20(23-11-14)28-16-3-7-26(8-4-16)19-17-5-9-27-18(17)2-6-21-19/h2,5-6,9-13,16H,3-4,7-8H2,1H3. The van der Waals surface area contributed by atoms with E-state index in [1.807, 2.05) is 25.4 Å². The van der Waals surface area contributed by atoms with E-state index in [0.717, 1.165) is 53.8 Å². The van der Waals surface area contributed by atoms with Crippen LogP contribution in [0.5, 0.6) is 6.01 Å². The van der Waals surface area contributed by atoms with Gasteiger partial charge in [-0.05, 0) is 12.1 Å². The van der Waals surface area contributed by atoms with Gasteiger partial charge in [-0.2, -0.15) is 5.10 Å². The van der Waals surface area contributed by atoms with Crippen LogP contribution in [0.3, 0.4) is 0 Å². The fraction of sp³-hybridized carbons (Fsp3) is 0.300. The first kappa shape index (κ1) is 16.7. The van der Waals surface area contributed by atoms with Crippen molar-refractivity contribution >= 4 is 16.8 Å². The van der Waals surface area contributed by atoms with E-state index in [0.29, 0.717) is 6.01 Å². The number of rotatable bonds is 4. The minimum Gasteiger partial charge on any atom is -0.464 e. The van der Waals surface area contributed by atoms with Crippen LogP contribution in [0, 0.1) is 0 Å². The van der Waals surface area contributed by atoms with Gasteiger partial charge in [0, 0.05) is 68.9 Å². The lowest BCUT2D eigenvalue weighted by Gasteiger charge is -2.32. The van der Waals surface area contributed by atoms with Gasteiger partial charge in [-0.3, -0.25) is 4.68 Å². The Morgan fingerprint density at radius 1 is 1.04 bits per heavy atom. The summed E-state index contributed by atoms with van der Waals surface area (Å²) in [5, 5.41) is 5.22. The predicted octanol–water partition coefficient (Wildman–Crippen LogP) is 3.07. The van der Waals surface area contributed by atoms with Crippen molar-refractivity contribution in [1.82, 2.24) is 24.7 Å². The summed E-state index contributed by atoms with van der Waals surface area (Å²) in [5.74, 6) is 0.974. The van der Waals surface area contributed by atoms with E-state index in [2.05, 4.69) is 25.0 Å². The molecule has 8 nitrogen and oxygen atoms in total. The van der Waals surface area contributed by atoms with Crippen LogP contribution in [-0.4, -0.2) is 43.9 Å². The Bertz CT molecular complexity index is 1080. The van der Waals surface area contributed by atoms with Gasteiger partial charge in [0.2, 0.25) is 0 Å². The van der Waals surface area contributed by atoms with Crippen LogP contribution < -0.4 is 9.64 Å². The summed E-state index contributed by atoms with van der Waals surface area (Å²) >= 11 is 0. The summed E-state index contributed by atoms with van der Waals surface area (Å²) in [5.41, 5.74) is 2.78. The van der Waals surface area contributed by atoms with E-state index in [4.69, 9.17) is 9.15 Å². The molecule has 0 radical (unpaired) electrons. The molecule has 0 aliphatic carbocycles. The summed E-state index contributed by atoms with van der Waals surface area (Å²) in [7, 11) is 1.89. The van der Waals surface area contributed by atoms with Crippen LogP contribution in [0.4, 0.5) is 5.82 Å². The topological polar surface area (TPSA) is 82.1 Å². The molecule has 8 heteroatoms. The van der Waals surface area contributed by atoms with E-state index in [9.17, 15) is 0 Å². The lowest BCUT2D eigenvalue weighted by Crippen LogP contribution is -2.39. The number of nitrogens with zero attached hydrogens (tertiary/aromatic N) is 6. The van der Waals surface area contributed by atoms with Gasteiger partial charge in [-0.15, -0.1) is 0 Å². The van der Waals surface area contributed by atoms with Gasteiger partial charge in [-0.1, -0.05) is 0 Å². The van der Waals surface area contributed by atoms with Crippen molar-refractivity contribution in [2.24, 2.45) is 7.05 Å². The Morgan fingerprint density at radius 3 is 2.61 bits per heavy atom. The molecular formula is C20H20N6O2. The first-order valence-electron chi connectivity index (χ1n) is 9.31. The van der Waals surface area contributed by atoms with Crippen molar-refractivity contribution < 1.29 is 9.15 Å². The molecule has 0 saturated carbocycles. The third-order valence-electron chi connectivity index (χ3n) is 5.04. The molecule has 0 bridgehead atoms. The van der Waals surface area contributed by atoms with E-state index in [-0.39, 0.29) is 6.10 Å². The van der Waals surface area contributed by atoms with Gasteiger partial charge in [0.15, 0.2) is 0 Å². The molecule has 0 amide bonds. The zero-order valence-electron chi connectivity index (χ0n) is 15.5. The highest BCUT2D eigenvalue weighted by Crippen LogP contribution is 2.28. The lowest BCUT2D eigenvalue weighted by atomic mass is 10.1. The second-order valence-electron chi connectivity index (χ2n) is 6.93. The van der Waals surface area contributed by atoms with Gasteiger partial charge in [0.1, 0.15) is 17.5 Å². The second kappa shape index (κ2) is 6.95. The Morgan fingerprint density at radius 2 is 1.86 bits per heavy atom. The Hall–Kier alpha value is -3.42. The van der Waals surface area contributed by atoms with Gasteiger partial charge in [0.05, 0.1) is 17.8 Å². The molecule has 0 atom stereocenters. The van der Waals surface area contributed by atoms with Crippen LogP contribution in [0.1, 0.15) is 12.8 Å². The fourth-order valence-corrected chi connectivity index (χ4v) is 3.56. The number of fused-ring (bicyclic) bond motifs is 1. The van der Waals surface area contributed by atoms with Crippen LogP contribution in [0.25, 0.3) is 22.1 Å². The number of pyridine rings is 1. The molecule has 0 spiro atoms. The number of hydrogen-bond acceptors (Lipinski definition) is 7. The zero-order chi connectivity index (χ0) is 18.9. The van der Waals surface area contributed by atoms with Gasteiger partial charge < -0.3 is 14.1 Å². The third-order valence-corrected chi connectivity index (χ3v) is 5.04. The largest absolute Gasteiger partial charge is 0.464 e. The van der Waals surface area contributed by atoms with E-state index in [1.165, 1.54) is 0 Å². The number of furan rings is 1. The molecule has 1 aliphatic heterocycles. The molecule has 142 valence electrons. The highest BCUT2D eigenvalue weighted by Gasteiger charge is 2.23. The van der Waals surface area contributed by atoms with Crippen molar-refractivity contribution in [3.05, 3.63) is 49.4 Å². The fourth-order valence-electron chi connectivity index (χ4n) is 3.56.